The van der Waals surface area contributed by atoms with Gasteiger partial charge in [0.05, 0.1) is 12.0 Å². The molecule has 290 valence electrons. The molecular formula is C34H61N3O12S. The number of aliphatic hydroxyl groups is 1. The predicted molar refractivity (Wildman–Crippen MR) is 185 cm³/mol. The number of hydrogen-bond donors (Lipinski definition) is 5. The van der Waals surface area contributed by atoms with Crippen LogP contribution in [-0.4, -0.2) is 90.8 Å². The largest absolute Gasteiger partial charge is 0.463 e. The molecular weight excluding hydrogens is 674 g/mol. The molecule has 8 atom stereocenters. The van der Waals surface area contributed by atoms with Gasteiger partial charge in [0.25, 0.3) is 0 Å². The number of hydrogen-bond acceptors (Lipinski definition) is 11. The van der Waals surface area contributed by atoms with Crippen molar-refractivity contribution >= 4 is 40.1 Å². The van der Waals surface area contributed by atoms with Gasteiger partial charge in [-0.05, 0) is 25.7 Å². The summed E-state index contributed by atoms with van der Waals surface area (Å²) in [5.41, 5.74) is 0. The number of rotatable bonds is 18. The third kappa shape index (κ3) is 16.9. The maximum absolute atomic E-state index is 13.6. The van der Waals surface area contributed by atoms with E-state index < -0.39 is 101 Å². The molecule has 0 aromatic heterocycles. The minimum Gasteiger partial charge on any atom is -0.463 e. The smallest absolute Gasteiger partial charge is 0.397 e. The minimum absolute atomic E-state index is 0.333. The molecule has 3 amide bonds. The highest BCUT2D eigenvalue weighted by atomic mass is 32.3. The molecule has 1 aliphatic rings. The zero-order valence-electron chi connectivity index (χ0n) is 30.8. The van der Waals surface area contributed by atoms with Gasteiger partial charge >= 0.3 is 22.3 Å². The lowest BCUT2D eigenvalue weighted by atomic mass is 9.86. The molecule has 50 heavy (non-hydrogen) atoms. The Morgan fingerprint density at radius 1 is 0.820 bits per heavy atom. The Balaban J connectivity index is 3.35. The summed E-state index contributed by atoms with van der Waals surface area (Å²) >= 11 is 0. The normalized spacial score (nSPS) is 26.6. The monoisotopic (exact) mass is 735 g/mol. The first-order chi connectivity index (χ1) is 23.4. The van der Waals surface area contributed by atoms with Crippen molar-refractivity contribution in [1.82, 2.24) is 16.0 Å². The van der Waals surface area contributed by atoms with E-state index in [1.165, 1.54) is 45.4 Å². The van der Waals surface area contributed by atoms with Crippen LogP contribution in [0.15, 0.2) is 0 Å². The van der Waals surface area contributed by atoms with Crippen molar-refractivity contribution in [3.63, 3.8) is 0 Å². The standard InChI is InChI=1S/C34H61N3O12S/c1-8-9-10-11-12-13-14-15-16-17-18-19-27-22(4)30(39)23(5)31(40)36-28(21(2)3)32(41)37-29(24(6)49-50(44,45)46)33(42)35-26(34(43)48-27)20-47-25(7)38/h21-24,26-30,39H,8-20H2,1-7H3,(H,35,42)(H,36,40)(H,37,41)(H,44,45,46)/t22?,23?,24-,26+,27?,28+,29+,30?/m1/s1. The second-order valence-corrected chi connectivity index (χ2v) is 14.8. The number of esters is 2. The number of unbranched alkanes of at least 4 members (excludes halogenated alkanes) is 10. The highest BCUT2D eigenvalue weighted by Crippen LogP contribution is 2.25. The van der Waals surface area contributed by atoms with Crippen LogP contribution in [0.2, 0.25) is 0 Å². The van der Waals surface area contributed by atoms with Crippen molar-refractivity contribution in [2.45, 2.75) is 162 Å². The number of ether oxygens (including phenoxy) is 2. The average molecular weight is 736 g/mol. The Hall–Kier alpha value is -2.82. The van der Waals surface area contributed by atoms with E-state index >= 15 is 0 Å². The molecule has 5 N–H and O–H groups in total. The van der Waals surface area contributed by atoms with E-state index in [-0.39, 0.29) is 0 Å². The van der Waals surface area contributed by atoms with Gasteiger partial charge in [0, 0.05) is 12.8 Å². The van der Waals surface area contributed by atoms with Crippen molar-refractivity contribution in [2.24, 2.45) is 17.8 Å². The molecule has 1 saturated heterocycles. The fourth-order valence-electron chi connectivity index (χ4n) is 5.84. The number of carbonyl (C=O) groups excluding carboxylic acids is 5. The first kappa shape index (κ1) is 45.2. The third-order valence-corrected chi connectivity index (χ3v) is 9.58. The number of cyclic esters (lactones) is 1. The van der Waals surface area contributed by atoms with Crippen LogP contribution in [0.1, 0.15) is 126 Å². The maximum atomic E-state index is 13.6. The van der Waals surface area contributed by atoms with Gasteiger partial charge in [-0.2, -0.15) is 8.42 Å². The van der Waals surface area contributed by atoms with Crippen LogP contribution in [0.3, 0.4) is 0 Å². The fourth-order valence-corrected chi connectivity index (χ4v) is 6.33. The van der Waals surface area contributed by atoms with Crippen LogP contribution in [0.5, 0.6) is 0 Å². The zero-order chi connectivity index (χ0) is 38.0. The molecule has 1 aliphatic heterocycles. The Morgan fingerprint density at radius 2 is 1.32 bits per heavy atom. The lowest BCUT2D eigenvalue weighted by molar-refractivity contribution is -0.162. The molecule has 0 aromatic carbocycles. The van der Waals surface area contributed by atoms with Crippen LogP contribution in [0, 0.1) is 17.8 Å². The Bertz CT molecular complexity index is 1200. The van der Waals surface area contributed by atoms with E-state index in [0.717, 1.165) is 39.5 Å². The van der Waals surface area contributed by atoms with E-state index in [1.54, 1.807) is 20.8 Å². The number of carbonyl (C=O) groups is 5. The van der Waals surface area contributed by atoms with Gasteiger partial charge < -0.3 is 30.5 Å². The molecule has 16 heteroatoms. The van der Waals surface area contributed by atoms with Gasteiger partial charge in [-0.25, -0.2) is 8.98 Å². The molecule has 4 unspecified atom stereocenters. The topological polar surface area (TPSA) is 224 Å². The SMILES string of the molecule is CCCCCCCCCCCCCC1OC(=O)[C@H](COC(C)=O)NC(=O)[C@H]([C@@H](C)OS(=O)(=O)O)NC(=O)[C@H](C(C)C)NC(=O)C(C)C(O)C1C. The Kier molecular flexibility index (Phi) is 20.7. The highest BCUT2D eigenvalue weighted by molar-refractivity contribution is 7.80. The second-order valence-electron chi connectivity index (χ2n) is 13.7. The molecule has 0 saturated carbocycles. The summed E-state index contributed by atoms with van der Waals surface area (Å²) in [5.74, 6) is -6.86. The summed E-state index contributed by atoms with van der Waals surface area (Å²) in [6, 6.07) is -4.68. The highest BCUT2D eigenvalue weighted by Gasteiger charge is 2.40. The van der Waals surface area contributed by atoms with Crippen LogP contribution < -0.4 is 16.0 Å². The van der Waals surface area contributed by atoms with E-state index in [9.17, 15) is 42.0 Å². The van der Waals surface area contributed by atoms with Crippen LogP contribution in [0.25, 0.3) is 0 Å². The van der Waals surface area contributed by atoms with Crippen molar-refractivity contribution in [3.05, 3.63) is 0 Å². The lowest BCUT2D eigenvalue weighted by Gasteiger charge is -2.32. The quantitative estimate of drug-likeness (QED) is 0.0778. The van der Waals surface area contributed by atoms with Crippen LogP contribution in [-0.2, 0) is 48.0 Å². The first-order valence-electron chi connectivity index (χ1n) is 18.0. The van der Waals surface area contributed by atoms with Crippen molar-refractivity contribution < 1.29 is 55.7 Å². The van der Waals surface area contributed by atoms with E-state index in [2.05, 4.69) is 27.1 Å². The number of nitrogens with one attached hydrogen (secondary N) is 3. The average Bonchev–Trinajstić information content (AvgIpc) is 3.03. The summed E-state index contributed by atoms with van der Waals surface area (Å²) < 4.78 is 47.7. The van der Waals surface area contributed by atoms with Crippen molar-refractivity contribution in [3.8, 4) is 0 Å². The second kappa shape index (κ2) is 22.9. The van der Waals surface area contributed by atoms with Gasteiger partial charge in [-0.1, -0.05) is 98.8 Å². The Labute approximate surface area is 297 Å². The van der Waals surface area contributed by atoms with E-state index in [4.69, 9.17) is 9.47 Å². The molecule has 1 heterocycles. The molecule has 0 aromatic rings. The number of amides is 3. The molecule has 0 radical (unpaired) electrons. The maximum Gasteiger partial charge on any atom is 0.397 e. The lowest BCUT2D eigenvalue weighted by Crippen LogP contribution is -2.61. The summed E-state index contributed by atoms with van der Waals surface area (Å²) in [7, 11) is -5.10. The molecule has 1 rings (SSSR count). The molecule has 0 spiro atoms. The number of aliphatic hydroxyl groups excluding tert-OH is 1. The van der Waals surface area contributed by atoms with Gasteiger partial charge in [-0.3, -0.25) is 23.7 Å². The molecule has 0 aliphatic carbocycles. The molecule has 0 bridgehead atoms. The third-order valence-electron chi connectivity index (χ3n) is 9.03. The summed E-state index contributed by atoms with van der Waals surface area (Å²) in [6.45, 7) is 10.1. The summed E-state index contributed by atoms with van der Waals surface area (Å²) in [6.07, 6.45) is 8.47. The minimum atomic E-state index is -5.10. The van der Waals surface area contributed by atoms with Crippen LogP contribution >= 0.6 is 0 Å². The van der Waals surface area contributed by atoms with Crippen molar-refractivity contribution in [1.29, 1.82) is 0 Å². The first-order valence-corrected chi connectivity index (χ1v) is 19.3. The van der Waals surface area contributed by atoms with Gasteiger partial charge in [-0.15, -0.1) is 0 Å². The molecule has 15 nitrogen and oxygen atoms in total. The van der Waals surface area contributed by atoms with E-state index in [1.807, 2.05) is 0 Å². The van der Waals surface area contributed by atoms with Crippen molar-refractivity contribution in [2.75, 3.05) is 6.61 Å². The predicted octanol–water partition coefficient (Wildman–Crippen LogP) is 3.13. The van der Waals surface area contributed by atoms with Gasteiger partial charge in [0.1, 0.15) is 30.9 Å². The van der Waals surface area contributed by atoms with Crippen LogP contribution in [0.4, 0.5) is 0 Å². The zero-order valence-corrected chi connectivity index (χ0v) is 31.6. The van der Waals surface area contributed by atoms with Gasteiger partial charge in [0.15, 0.2) is 6.04 Å². The summed E-state index contributed by atoms with van der Waals surface area (Å²) in [5, 5.41) is 18.6. The fraction of sp³-hybridized carbons (Fsp3) is 0.853. The van der Waals surface area contributed by atoms with E-state index in [0.29, 0.717) is 12.8 Å². The summed E-state index contributed by atoms with van der Waals surface area (Å²) in [4.78, 5) is 65.6. The molecule has 1 fully saturated rings. The van der Waals surface area contributed by atoms with Gasteiger partial charge in [0.2, 0.25) is 17.7 Å². The Morgan fingerprint density at radius 3 is 1.82 bits per heavy atom.